The van der Waals surface area contributed by atoms with Crippen LogP contribution in [-0.2, 0) is 0 Å². The minimum atomic E-state index is -0.523. The van der Waals surface area contributed by atoms with Gasteiger partial charge >= 0.3 is 0 Å². The summed E-state index contributed by atoms with van der Waals surface area (Å²) in [7, 11) is 0. The molecule has 0 fully saturated rings. The summed E-state index contributed by atoms with van der Waals surface area (Å²) < 4.78 is 19.4. The average Bonchev–Trinajstić information content (AvgIpc) is 2.34. The highest BCUT2D eigenvalue weighted by Crippen LogP contribution is 2.19. The molecule has 1 heterocycles. The van der Waals surface area contributed by atoms with E-state index in [0.29, 0.717) is 6.61 Å². The lowest BCUT2D eigenvalue weighted by Gasteiger charge is -2.09. The topological polar surface area (TPSA) is 27.1 Å². The molecule has 1 aromatic heterocycles. The maximum Gasteiger partial charge on any atom is 0.249 e. The van der Waals surface area contributed by atoms with E-state index in [4.69, 9.17) is 4.74 Å². The number of halogens is 1. The molecule has 0 bridgehead atoms. The largest absolute Gasteiger partial charge is 0.476 e. The molecule has 0 atom stereocenters. The van der Waals surface area contributed by atoms with E-state index in [1.807, 2.05) is 13.8 Å². The van der Waals surface area contributed by atoms with Gasteiger partial charge in [0.1, 0.15) is 0 Å². The first kappa shape index (κ1) is 9.03. The Morgan fingerprint density at radius 3 is 2.83 bits per heavy atom. The van der Waals surface area contributed by atoms with Gasteiger partial charge in [-0.25, -0.2) is 4.68 Å². The molecule has 0 saturated heterocycles. The molecule has 0 aliphatic heterocycles. The molecule has 3 nitrogen and oxygen atoms in total. The second kappa shape index (κ2) is 3.56. The van der Waals surface area contributed by atoms with Crippen LogP contribution in [0, 0.1) is 12.0 Å². The summed E-state index contributed by atoms with van der Waals surface area (Å²) in [5.74, 6) is -0.349. The van der Waals surface area contributed by atoms with Gasteiger partial charge in [-0.15, -0.1) is 0 Å². The van der Waals surface area contributed by atoms with Crippen molar-refractivity contribution in [3.05, 3.63) is 12.0 Å². The zero-order chi connectivity index (χ0) is 9.14. The number of hydrogen-bond donors (Lipinski definition) is 0. The van der Waals surface area contributed by atoms with Gasteiger partial charge in [0.05, 0.1) is 12.6 Å². The summed E-state index contributed by atoms with van der Waals surface area (Å²) in [5.41, 5.74) is 0. The van der Waals surface area contributed by atoms with E-state index in [2.05, 4.69) is 11.3 Å². The first-order valence-corrected chi connectivity index (χ1v) is 3.95. The standard InChI is InChI=1S/C8H12FN2O/c1-4-12-8-7(9)5-10-11(8)6(2)3/h6H,4H2,1-3H3. The van der Waals surface area contributed by atoms with E-state index < -0.39 is 5.82 Å². The fourth-order valence-corrected chi connectivity index (χ4v) is 0.908. The van der Waals surface area contributed by atoms with Crippen molar-refractivity contribution in [3.8, 4) is 5.88 Å². The van der Waals surface area contributed by atoms with Gasteiger partial charge in [-0.2, -0.15) is 9.49 Å². The van der Waals surface area contributed by atoms with E-state index in [9.17, 15) is 4.39 Å². The van der Waals surface area contributed by atoms with Gasteiger partial charge < -0.3 is 4.74 Å². The Hall–Kier alpha value is -1.06. The van der Waals surface area contributed by atoms with Crippen LogP contribution in [0.15, 0.2) is 0 Å². The van der Waals surface area contributed by atoms with Gasteiger partial charge in [-0.3, -0.25) is 0 Å². The van der Waals surface area contributed by atoms with Crippen LogP contribution in [0.3, 0.4) is 0 Å². The lowest BCUT2D eigenvalue weighted by Crippen LogP contribution is -2.07. The summed E-state index contributed by atoms with van der Waals surface area (Å²) in [6.45, 7) is 6.05. The van der Waals surface area contributed by atoms with Crippen molar-refractivity contribution in [1.29, 1.82) is 0 Å². The minimum Gasteiger partial charge on any atom is -0.476 e. The summed E-state index contributed by atoms with van der Waals surface area (Å²) in [4.78, 5) is 0. The molecular weight excluding hydrogens is 159 g/mol. The van der Waals surface area contributed by atoms with E-state index in [-0.39, 0.29) is 11.9 Å². The van der Waals surface area contributed by atoms with Gasteiger partial charge in [-0.05, 0) is 20.8 Å². The Morgan fingerprint density at radius 1 is 1.67 bits per heavy atom. The molecule has 67 valence electrons. The highest BCUT2D eigenvalue weighted by molar-refractivity contribution is 5.10. The lowest BCUT2D eigenvalue weighted by atomic mass is 10.4. The third-order valence-corrected chi connectivity index (χ3v) is 1.42. The van der Waals surface area contributed by atoms with Gasteiger partial charge in [0, 0.05) is 0 Å². The fraction of sp³-hybridized carbons (Fsp3) is 0.625. The van der Waals surface area contributed by atoms with Crippen molar-refractivity contribution in [3.63, 3.8) is 0 Å². The Balaban J connectivity index is 2.95. The highest BCUT2D eigenvalue weighted by Gasteiger charge is 2.13. The van der Waals surface area contributed by atoms with Crippen molar-refractivity contribution < 1.29 is 9.13 Å². The van der Waals surface area contributed by atoms with Crippen LogP contribution in [0.1, 0.15) is 26.8 Å². The molecule has 0 amide bonds. The molecular formula is C8H12FN2O. The van der Waals surface area contributed by atoms with Crippen LogP contribution in [0.25, 0.3) is 0 Å². The smallest absolute Gasteiger partial charge is 0.249 e. The van der Waals surface area contributed by atoms with Crippen LogP contribution < -0.4 is 4.74 Å². The quantitative estimate of drug-likeness (QED) is 0.693. The third-order valence-electron chi connectivity index (χ3n) is 1.42. The van der Waals surface area contributed by atoms with Crippen molar-refractivity contribution in [2.24, 2.45) is 0 Å². The molecule has 1 radical (unpaired) electrons. The maximum atomic E-state index is 12.9. The molecule has 0 unspecified atom stereocenters. The normalized spacial score (nSPS) is 10.8. The van der Waals surface area contributed by atoms with Crippen molar-refractivity contribution in [2.75, 3.05) is 6.61 Å². The predicted molar refractivity (Wildman–Crippen MR) is 42.6 cm³/mol. The maximum absolute atomic E-state index is 12.9. The van der Waals surface area contributed by atoms with E-state index in [1.54, 1.807) is 6.92 Å². The zero-order valence-electron chi connectivity index (χ0n) is 7.47. The molecule has 0 N–H and O–H groups in total. The molecule has 0 spiro atoms. The second-order valence-electron chi connectivity index (χ2n) is 2.70. The number of hydrogen-bond acceptors (Lipinski definition) is 2. The number of ether oxygens (including phenoxy) is 1. The van der Waals surface area contributed by atoms with E-state index in [1.165, 1.54) is 4.68 Å². The van der Waals surface area contributed by atoms with Gasteiger partial charge in [0.2, 0.25) is 11.7 Å². The van der Waals surface area contributed by atoms with Gasteiger partial charge in [-0.1, -0.05) is 0 Å². The van der Waals surface area contributed by atoms with Crippen molar-refractivity contribution in [2.45, 2.75) is 26.8 Å². The molecule has 0 saturated carbocycles. The minimum absolute atomic E-state index is 0.0901. The Bertz CT molecular complexity index is 258. The molecule has 4 heteroatoms. The average molecular weight is 171 g/mol. The van der Waals surface area contributed by atoms with Crippen LogP contribution >= 0.6 is 0 Å². The van der Waals surface area contributed by atoms with E-state index >= 15 is 0 Å². The molecule has 0 aromatic carbocycles. The molecule has 1 aromatic rings. The number of rotatable bonds is 3. The monoisotopic (exact) mass is 171 g/mol. The van der Waals surface area contributed by atoms with Crippen LogP contribution in [0.2, 0.25) is 0 Å². The second-order valence-corrected chi connectivity index (χ2v) is 2.70. The summed E-state index contributed by atoms with van der Waals surface area (Å²) >= 11 is 0. The van der Waals surface area contributed by atoms with Crippen LogP contribution in [0.5, 0.6) is 5.88 Å². The third kappa shape index (κ3) is 1.57. The predicted octanol–water partition coefficient (Wildman–Crippen LogP) is 1.80. The SMILES string of the molecule is CCOc1c(F)[c]nn1C(C)C. The number of aromatic nitrogens is 2. The first-order valence-electron chi connectivity index (χ1n) is 3.95. The Morgan fingerprint density at radius 2 is 2.33 bits per heavy atom. The summed E-state index contributed by atoms with van der Waals surface area (Å²) in [5, 5.41) is 3.73. The first-order chi connectivity index (χ1) is 5.66. The van der Waals surface area contributed by atoms with Crippen LogP contribution in [-0.4, -0.2) is 16.4 Å². The van der Waals surface area contributed by atoms with E-state index in [0.717, 1.165) is 0 Å². The van der Waals surface area contributed by atoms with Gasteiger partial charge in [0.25, 0.3) is 0 Å². The van der Waals surface area contributed by atoms with Gasteiger partial charge in [0.15, 0.2) is 6.20 Å². The highest BCUT2D eigenvalue weighted by atomic mass is 19.1. The Labute approximate surface area is 71.1 Å². The summed E-state index contributed by atoms with van der Waals surface area (Å²) in [6, 6.07) is 0.0901. The summed E-state index contributed by atoms with van der Waals surface area (Å²) in [6.07, 6.45) is 2.22. The fourth-order valence-electron chi connectivity index (χ4n) is 0.908. The number of nitrogens with zero attached hydrogens (tertiary/aromatic N) is 2. The lowest BCUT2D eigenvalue weighted by molar-refractivity contribution is 0.278. The molecule has 0 aliphatic carbocycles. The van der Waals surface area contributed by atoms with Crippen molar-refractivity contribution in [1.82, 2.24) is 9.78 Å². The zero-order valence-corrected chi connectivity index (χ0v) is 7.47. The molecule has 0 aliphatic rings. The Kier molecular flexibility index (Phi) is 2.68. The van der Waals surface area contributed by atoms with Crippen molar-refractivity contribution >= 4 is 0 Å². The van der Waals surface area contributed by atoms with Crippen LogP contribution in [0.4, 0.5) is 4.39 Å². The molecule has 1 rings (SSSR count). The molecule has 12 heavy (non-hydrogen) atoms.